The van der Waals surface area contributed by atoms with E-state index < -0.39 is 12.2 Å². The Labute approximate surface area is 68.6 Å². The molecule has 0 amide bonds. The third-order valence-electron chi connectivity index (χ3n) is 1.80. The van der Waals surface area contributed by atoms with E-state index in [1.807, 2.05) is 13.8 Å². The molecule has 0 aromatic heterocycles. The summed E-state index contributed by atoms with van der Waals surface area (Å²) in [4.78, 5) is 0. The van der Waals surface area contributed by atoms with E-state index in [2.05, 4.69) is 6.58 Å². The lowest BCUT2D eigenvalue weighted by atomic mass is 9.98. The van der Waals surface area contributed by atoms with Crippen LogP contribution in [0.3, 0.4) is 0 Å². The molecule has 0 spiro atoms. The third kappa shape index (κ3) is 4.17. The van der Waals surface area contributed by atoms with Crippen LogP contribution in [0.1, 0.15) is 27.2 Å². The Bertz CT molecular complexity index is 130. The zero-order valence-electron chi connectivity index (χ0n) is 7.54. The quantitative estimate of drug-likeness (QED) is 0.606. The molecule has 0 bridgehead atoms. The minimum atomic E-state index is -0.563. The first-order valence-electron chi connectivity index (χ1n) is 3.96. The third-order valence-corrected chi connectivity index (χ3v) is 1.80. The Kier molecular flexibility index (Phi) is 4.38. The molecule has 2 heteroatoms. The average Bonchev–Trinajstić information content (AvgIpc) is 1.87. The Hall–Kier alpha value is -0.340. The van der Waals surface area contributed by atoms with Gasteiger partial charge in [0.25, 0.3) is 0 Å². The highest BCUT2D eigenvalue weighted by atomic mass is 16.3. The number of hydrogen-bond acceptors (Lipinski definition) is 2. The van der Waals surface area contributed by atoms with Gasteiger partial charge >= 0.3 is 0 Å². The van der Waals surface area contributed by atoms with Crippen molar-refractivity contribution < 1.29 is 10.2 Å². The molecule has 2 nitrogen and oxygen atoms in total. The molecule has 2 N–H and O–H groups in total. The van der Waals surface area contributed by atoms with E-state index in [1.165, 1.54) is 0 Å². The van der Waals surface area contributed by atoms with Crippen LogP contribution < -0.4 is 0 Å². The van der Waals surface area contributed by atoms with Crippen molar-refractivity contribution >= 4 is 0 Å². The van der Waals surface area contributed by atoms with Gasteiger partial charge in [0.2, 0.25) is 0 Å². The van der Waals surface area contributed by atoms with Gasteiger partial charge in [0.1, 0.15) is 0 Å². The van der Waals surface area contributed by atoms with E-state index in [0.717, 1.165) is 0 Å². The first kappa shape index (κ1) is 10.7. The van der Waals surface area contributed by atoms with Crippen LogP contribution in [0.15, 0.2) is 12.2 Å². The summed E-state index contributed by atoms with van der Waals surface area (Å²) in [6.45, 7) is 9.22. The monoisotopic (exact) mass is 158 g/mol. The summed E-state index contributed by atoms with van der Waals surface area (Å²) < 4.78 is 0. The summed E-state index contributed by atoms with van der Waals surface area (Å²) in [6, 6.07) is 0. The highest BCUT2D eigenvalue weighted by molar-refractivity contribution is 4.97. The first-order chi connectivity index (χ1) is 4.95. The molecule has 0 saturated carbocycles. The van der Waals surface area contributed by atoms with Gasteiger partial charge in [0, 0.05) is 6.42 Å². The molecule has 0 aliphatic heterocycles. The number of rotatable bonds is 4. The molecule has 0 rings (SSSR count). The summed E-state index contributed by atoms with van der Waals surface area (Å²) in [7, 11) is 0. The van der Waals surface area contributed by atoms with Crippen molar-refractivity contribution in [1.29, 1.82) is 0 Å². The highest BCUT2D eigenvalue weighted by Crippen LogP contribution is 2.12. The summed E-state index contributed by atoms with van der Waals surface area (Å²) in [5, 5.41) is 18.6. The van der Waals surface area contributed by atoms with Gasteiger partial charge < -0.3 is 10.2 Å². The van der Waals surface area contributed by atoms with Crippen LogP contribution in [0, 0.1) is 5.92 Å². The molecule has 0 aromatic carbocycles. The molecule has 0 fully saturated rings. The van der Waals surface area contributed by atoms with Crippen LogP contribution in [0.4, 0.5) is 0 Å². The van der Waals surface area contributed by atoms with Crippen LogP contribution in [0.25, 0.3) is 0 Å². The van der Waals surface area contributed by atoms with Gasteiger partial charge in [-0.3, -0.25) is 0 Å². The normalized spacial score (nSPS) is 16.5. The molecule has 0 saturated heterocycles. The Morgan fingerprint density at radius 2 is 1.82 bits per heavy atom. The maximum absolute atomic E-state index is 9.34. The second-order valence-electron chi connectivity index (χ2n) is 3.41. The van der Waals surface area contributed by atoms with E-state index in [0.29, 0.717) is 12.0 Å². The van der Waals surface area contributed by atoms with Crippen molar-refractivity contribution in [3.63, 3.8) is 0 Å². The summed E-state index contributed by atoms with van der Waals surface area (Å²) in [5.74, 6) is 0.198. The second kappa shape index (κ2) is 4.52. The maximum atomic E-state index is 9.34. The molecule has 11 heavy (non-hydrogen) atoms. The predicted octanol–water partition coefficient (Wildman–Crippen LogP) is 1.33. The van der Waals surface area contributed by atoms with E-state index in [1.54, 1.807) is 6.92 Å². The molecule has 0 aliphatic rings. The van der Waals surface area contributed by atoms with Crippen molar-refractivity contribution in [1.82, 2.24) is 0 Å². The van der Waals surface area contributed by atoms with Gasteiger partial charge in [0.05, 0.1) is 12.2 Å². The Morgan fingerprint density at radius 1 is 1.36 bits per heavy atom. The van der Waals surface area contributed by atoms with Crippen molar-refractivity contribution in [3.8, 4) is 0 Å². The maximum Gasteiger partial charge on any atom is 0.0769 e. The van der Waals surface area contributed by atoms with Crippen LogP contribution in [-0.2, 0) is 0 Å². The second-order valence-corrected chi connectivity index (χ2v) is 3.41. The molecule has 0 aliphatic carbocycles. The molecule has 0 heterocycles. The number of aliphatic hydroxyl groups is 2. The summed E-state index contributed by atoms with van der Waals surface area (Å²) in [6.07, 6.45) is -0.596. The van der Waals surface area contributed by atoms with E-state index >= 15 is 0 Å². The minimum absolute atomic E-state index is 0.198. The fraction of sp³-hybridized carbons (Fsp3) is 0.778. The molecular weight excluding hydrogens is 140 g/mol. The summed E-state index contributed by atoms with van der Waals surface area (Å²) >= 11 is 0. The van der Waals surface area contributed by atoms with Crippen molar-refractivity contribution in [2.45, 2.75) is 39.4 Å². The van der Waals surface area contributed by atoms with Crippen LogP contribution in [-0.4, -0.2) is 22.4 Å². The van der Waals surface area contributed by atoms with Crippen molar-refractivity contribution in [3.05, 3.63) is 12.2 Å². The topological polar surface area (TPSA) is 40.5 Å². The van der Waals surface area contributed by atoms with Gasteiger partial charge in [-0.1, -0.05) is 26.0 Å². The van der Waals surface area contributed by atoms with Crippen LogP contribution >= 0.6 is 0 Å². The van der Waals surface area contributed by atoms with Gasteiger partial charge in [-0.2, -0.15) is 0 Å². The minimum Gasteiger partial charge on any atom is -0.393 e. The SMILES string of the molecule is C=C(C)C(O)CC(O)C(C)C. The number of aliphatic hydroxyl groups excluding tert-OH is 2. The summed E-state index contributed by atoms with van der Waals surface area (Å²) in [5.41, 5.74) is 0.713. The van der Waals surface area contributed by atoms with Gasteiger partial charge in [-0.25, -0.2) is 0 Å². The van der Waals surface area contributed by atoms with Crippen LogP contribution in [0.2, 0.25) is 0 Å². The number of hydrogen-bond donors (Lipinski definition) is 2. The fourth-order valence-corrected chi connectivity index (χ4v) is 0.702. The van der Waals surface area contributed by atoms with E-state index in [4.69, 9.17) is 0 Å². The van der Waals surface area contributed by atoms with Gasteiger partial charge in [-0.05, 0) is 12.8 Å². The fourth-order valence-electron chi connectivity index (χ4n) is 0.702. The lowest BCUT2D eigenvalue weighted by Crippen LogP contribution is -2.22. The van der Waals surface area contributed by atoms with Crippen LogP contribution in [0.5, 0.6) is 0 Å². The molecular formula is C9H18O2. The van der Waals surface area contributed by atoms with E-state index in [9.17, 15) is 10.2 Å². The van der Waals surface area contributed by atoms with Gasteiger partial charge in [0.15, 0.2) is 0 Å². The highest BCUT2D eigenvalue weighted by Gasteiger charge is 2.14. The smallest absolute Gasteiger partial charge is 0.0769 e. The van der Waals surface area contributed by atoms with Crippen molar-refractivity contribution in [2.75, 3.05) is 0 Å². The molecule has 0 aromatic rings. The predicted molar refractivity (Wildman–Crippen MR) is 46.3 cm³/mol. The van der Waals surface area contributed by atoms with Gasteiger partial charge in [-0.15, -0.1) is 0 Å². The zero-order chi connectivity index (χ0) is 9.02. The molecule has 2 unspecified atom stereocenters. The zero-order valence-corrected chi connectivity index (χ0v) is 7.54. The largest absolute Gasteiger partial charge is 0.393 e. The van der Waals surface area contributed by atoms with E-state index in [-0.39, 0.29) is 5.92 Å². The average molecular weight is 158 g/mol. The Balaban J connectivity index is 3.75. The Morgan fingerprint density at radius 3 is 2.09 bits per heavy atom. The lowest BCUT2D eigenvalue weighted by Gasteiger charge is -2.18. The molecule has 66 valence electrons. The molecule has 0 radical (unpaired) electrons. The molecule has 2 atom stereocenters. The first-order valence-corrected chi connectivity index (χ1v) is 3.96. The van der Waals surface area contributed by atoms with Crippen molar-refractivity contribution in [2.24, 2.45) is 5.92 Å². The standard InChI is InChI=1S/C9H18O2/c1-6(2)8(10)5-9(11)7(3)4/h7-11H,1,5H2,2-4H3. The lowest BCUT2D eigenvalue weighted by molar-refractivity contribution is 0.0676.